The number of likely N-dealkylation sites (tertiary alicyclic amines) is 1. The summed E-state index contributed by atoms with van der Waals surface area (Å²) in [6, 6.07) is 8.25. The average molecular weight is 342 g/mol. The zero-order valence-electron chi connectivity index (χ0n) is 14.7. The third-order valence-electron chi connectivity index (χ3n) is 6.38. The smallest absolute Gasteiger partial charge is 0.317 e. The summed E-state index contributed by atoms with van der Waals surface area (Å²) in [5.74, 6) is 0.0518. The lowest BCUT2D eigenvalue weighted by Crippen LogP contribution is -2.42. The Morgan fingerprint density at radius 1 is 1.32 bits per heavy atom. The second kappa shape index (κ2) is 6.04. The van der Waals surface area contributed by atoms with Crippen LogP contribution in [0.4, 0.5) is 4.79 Å². The molecule has 4 rings (SSSR count). The van der Waals surface area contributed by atoms with Crippen molar-refractivity contribution < 1.29 is 14.7 Å². The molecule has 1 aromatic rings. The Bertz CT molecular complexity index is 700. The van der Waals surface area contributed by atoms with Gasteiger partial charge in [0.15, 0.2) is 0 Å². The SMILES string of the molecule is CC(NC(=O)N1C[C@@H]2CCC[C@@]2(C(=O)O)C1)c1cccc(C2CC2)c1. The number of hydrogen-bond acceptors (Lipinski definition) is 2. The van der Waals surface area contributed by atoms with Crippen LogP contribution < -0.4 is 5.32 Å². The highest BCUT2D eigenvalue weighted by Gasteiger charge is 2.55. The van der Waals surface area contributed by atoms with Gasteiger partial charge in [0, 0.05) is 13.1 Å². The molecular weight excluding hydrogens is 316 g/mol. The summed E-state index contributed by atoms with van der Waals surface area (Å²) < 4.78 is 0. The van der Waals surface area contributed by atoms with E-state index in [-0.39, 0.29) is 18.0 Å². The summed E-state index contributed by atoms with van der Waals surface area (Å²) in [6.07, 6.45) is 5.08. The highest BCUT2D eigenvalue weighted by atomic mass is 16.4. The number of benzene rings is 1. The molecule has 3 aliphatic rings. The van der Waals surface area contributed by atoms with Crippen LogP contribution in [0.2, 0.25) is 0 Å². The Hall–Kier alpha value is -2.04. The van der Waals surface area contributed by atoms with Gasteiger partial charge in [-0.25, -0.2) is 4.79 Å². The number of fused-ring (bicyclic) bond motifs is 1. The Balaban J connectivity index is 1.42. The van der Waals surface area contributed by atoms with Crippen molar-refractivity contribution in [2.75, 3.05) is 13.1 Å². The van der Waals surface area contributed by atoms with Crippen LogP contribution in [0.5, 0.6) is 0 Å². The van der Waals surface area contributed by atoms with E-state index in [9.17, 15) is 14.7 Å². The maximum atomic E-state index is 12.7. The first-order valence-electron chi connectivity index (χ1n) is 9.38. The quantitative estimate of drug-likeness (QED) is 0.879. The number of carbonyl (C=O) groups is 2. The van der Waals surface area contributed by atoms with Crippen LogP contribution in [0.3, 0.4) is 0 Å². The van der Waals surface area contributed by atoms with Gasteiger partial charge in [-0.1, -0.05) is 30.7 Å². The first-order chi connectivity index (χ1) is 12.0. The van der Waals surface area contributed by atoms with Crippen molar-refractivity contribution in [1.82, 2.24) is 10.2 Å². The van der Waals surface area contributed by atoms with Gasteiger partial charge in [0.2, 0.25) is 0 Å². The topological polar surface area (TPSA) is 69.6 Å². The lowest BCUT2D eigenvalue weighted by Gasteiger charge is -2.24. The third kappa shape index (κ3) is 2.90. The zero-order valence-corrected chi connectivity index (χ0v) is 14.7. The highest BCUT2D eigenvalue weighted by molar-refractivity contribution is 5.80. The van der Waals surface area contributed by atoms with Crippen molar-refractivity contribution in [2.45, 2.75) is 51.0 Å². The van der Waals surface area contributed by atoms with E-state index in [4.69, 9.17) is 0 Å². The Morgan fingerprint density at radius 3 is 2.80 bits per heavy atom. The van der Waals surface area contributed by atoms with Crippen molar-refractivity contribution in [3.63, 3.8) is 0 Å². The van der Waals surface area contributed by atoms with Crippen molar-refractivity contribution in [3.8, 4) is 0 Å². The molecule has 3 atom stereocenters. The number of nitrogens with one attached hydrogen (secondary N) is 1. The summed E-state index contributed by atoms with van der Waals surface area (Å²) in [5.41, 5.74) is 1.76. The van der Waals surface area contributed by atoms with E-state index in [1.54, 1.807) is 4.90 Å². The molecule has 0 radical (unpaired) electrons. The fourth-order valence-corrected chi connectivity index (χ4v) is 4.65. The minimum atomic E-state index is -0.740. The molecule has 5 nitrogen and oxygen atoms in total. The molecule has 1 aromatic carbocycles. The summed E-state index contributed by atoms with van der Waals surface area (Å²) in [6.45, 7) is 2.90. The summed E-state index contributed by atoms with van der Waals surface area (Å²) in [5, 5.41) is 12.7. The number of rotatable bonds is 4. The fraction of sp³-hybridized carbons (Fsp3) is 0.600. The van der Waals surface area contributed by atoms with E-state index < -0.39 is 11.4 Å². The number of carboxylic acid groups (broad SMARTS) is 1. The molecule has 1 aliphatic heterocycles. The highest BCUT2D eigenvalue weighted by Crippen LogP contribution is 2.49. The molecule has 134 valence electrons. The first-order valence-corrected chi connectivity index (χ1v) is 9.38. The molecule has 25 heavy (non-hydrogen) atoms. The van der Waals surface area contributed by atoms with Crippen LogP contribution in [0, 0.1) is 11.3 Å². The Labute approximate surface area is 148 Å². The monoisotopic (exact) mass is 342 g/mol. The fourth-order valence-electron chi connectivity index (χ4n) is 4.65. The van der Waals surface area contributed by atoms with Gasteiger partial charge in [-0.05, 0) is 55.6 Å². The van der Waals surface area contributed by atoms with Crippen LogP contribution in [0.15, 0.2) is 24.3 Å². The molecular formula is C20H26N2O3. The normalized spacial score (nSPS) is 29.3. The third-order valence-corrected chi connectivity index (χ3v) is 6.38. The molecule has 1 heterocycles. The van der Waals surface area contributed by atoms with Crippen LogP contribution in [-0.2, 0) is 4.79 Å². The van der Waals surface area contributed by atoms with Gasteiger partial charge in [0.1, 0.15) is 0 Å². The number of nitrogens with zero attached hydrogens (tertiary/aromatic N) is 1. The zero-order chi connectivity index (χ0) is 17.6. The molecule has 2 saturated carbocycles. The van der Waals surface area contributed by atoms with E-state index >= 15 is 0 Å². The van der Waals surface area contributed by atoms with E-state index in [0.29, 0.717) is 25.4 Å². The summed E-state index contributed by atoms with van der Waals surface area (Å²) >= 11 is 0. The molecule has 0 bridgehead atoms. The number of hydrogen-bond donors (Lipinski definition) is 2. The van der Waals surface area contributed by atoms with Crippen LogP contribution in [0.1, 0.15) is 62.1 Å². The second-order valence-corrected chi connectivity index (χ2v) is 8.05. The minimum Gasteiger partial charge on any atom is -0.481 e. The standard InChI is InChI=1S/C20H26N2O3/c1-13(15-4-2-5-16(10-15)14-7-8-14)21-19(25)22-11-17-6-3-9-20(17,12-22)18(23)24/h2,4-5,10,13-14,17H,3,6-9,11-12H2,1H3,(H,21,25)(H,23,24)/t13?,17-,20+/m0/s1. The summed E-state index contributed by atoms with van der Waals surface area (Å²) in [4.78, 5) is 26.2. The molecule has 2 N–H and O–H groups in total. The maximum Gasteiger partial charge on any atom is 0.317 e. The van der Waals surface area contributed by atoms with Crippen molar-refractivity contribution in [1.29, 1.82) is 0 Å². The molecule has 3 fully saturated rings. The van der Waals surface area contributed by atoms with Gasteiger partial charge in [0.05, 0.1) is 11.5 Å². The number of carboxylic acids is 1. The van der Waals surface area contributed by atoms with Gasteiger partial charge in [-0.3, -0.25) is 4.79 Å². The molecule has 1 saturated heterocycles. The predicted molar refractivity (Wildman–Crippen MR) is 94.3 cm³/mol. The minimum absolute atomic E-state index is 0.0765. The predicted octanol–water partition coefficient (Wildman–Crippen LogP) is 3.52. The van der Waals surface area contributed by atoms with Crippen LogP contribution in [-0.4, -0.2) is 35.1 Å². The molecule has 0 aromatic heterocycles. The lowest BCUT2D eigenvalue weighted by molar-refractivity contribution is -0.149. The first kappa shape index (κ1) is 16.4. The van der Waals surface area contributed by atoms with Crippen molar-refractivity contribution in [2.24, 2.45) is 11.3 Å². The van der Waals surface area contributed by atoms with Gasteiger partial charge < -0.3 is 15.3 Å². The Kier molecular flexibility index (Phi) is 3.97. The van der Waals surface area contributed by atoms with Gasteiger partial charge in [-0.2, -0.15) is 0 Å². The van der Waals surface area contributed by atoms with Crippen LogP contribution in [0.25, 0.3) is 0 Å². The van der Waals surface area contributed by atoms with Gasteiger partial charge in [0.25, 0.3) is 0 Å². The lowest BCUT2D eigenvalue weighted by atomic mass is 9.81. The summed E-state index contributed by atoms with van der Waals surface area (Å²) in [7, 11) is 0. The van der Waals surface area contributed by atoms with E-state index in [1.807, 2.05) is 13.0 Å². The van der Waals surface area contributed by atoms with E-state index in [2.05, 4.69) is 23.5 Å². The van der Waals surface area contributed by atoms with Crippen molar-refractivity contribution in [3.05, 3.63) is 35.4 Å². The molecule has 0 spiro atoms. The van der Waals surface area contributed by atoms with Crippen LogP contribution >= 0.6 is 0 Å². The van der Waals surface area contributed by atoms with Gasteiger partial charge in [-0.15, -0.1) is 0 Å². The molecule has 5 heteroatoms. The Morgan fingerprint density at radius 2 is 2.12 bits per heavy atom. The van der Waals surface area contributed by atoms with E-state index in [1.165, 1.54) is 18.4 Å². The number of amides is 2. The average Bonchev–Trinajstić information content (AvgIpc) is 3.25. The number of urea groups is 1. The molecule has 2 aliphatic carbocycles. The number of aliphatic carboxylic acids is 1. The van der Waals surface area contributed by atoms with Gasteiger partial charge >= 0.3 is 12.0 Å². The molecule has 1 unspecified atom stereocenters. The maximum absolute atomic E-state index is 12.7. The largest absolute Gasteiger partial charge is 0.481 e. The van der Waals surface area contributed by atoms with Crippen molar-refractivity contribution >= 4 is 12.0 Å². The number of carbonyl (C=O) groups excluding carboxylic acids is 1. The second-order valence-electron chi connectivity index (χ2n) is 8.05. The molecule has 2 amide bonds. The van der Waals surface area contributed by atoms with E-state index in [0.717, 1.165) is 18.4 Å².